The fourth-order valence-corrected chi connectivity index (χ4v) is 1.35. The van der Waals surface area contributed by atoms with Crippen LogP contribution in [0.4, 0.5) is 0 Å². The number of ketones is 1. The van der Waals surface area contributed by atoms with Crippen LogP contribution in [-0.2, 0) is 4.79 Å². The molecule has 0 aliphatic carbocycles. The van der Waals surface area contributed by atoms with Crippen LogP contribution in [0, 0.1) is 0 Å². The molecule has 0 aromatic rings. The fourth-order valence-electron chi connectivity index (χ4n) is 1.35. The first-order valence-electron chi connectivity index (χ1n) is 5.70. The van der Waals surface area contributed by atoms with Crippen LogP contribution in [0.2, 0.25) is 0 Å². The monoisotopic (exact) mass is 300 g/mol. The van der Waals surface area contributed by atoms with Gasteiger partial charge in [0.25, 0.3) is 0 Å². The van der Waals surface area contributed by atoms with E-state index in [0.717, 1.165) is 0 Å². The molecule has 0 unspecified atom stereocenters. The molecule has 0 aliphatic rings. The van der Waals surface area contributed by atoms with Crippen LogP contribution in [0.1, 0.15) is 0 Å². The molecule has 0 spiro atoms. The standard InChI is InChI=1S/C10H20O10/c11-1-3(13)5(15)7(17)9(19)10(20)8(18)6(16)4(14)2-12/h3-9,11-19H,1-2H2/t3-,4-,5-,6+,7+,8+,9+/m1/s1. The first-order chi connectivity index (χ1) is 9.18. The molecule has 0 saturated heterocycles. The fraction of sp³-hybridized carbons (Fsp3) is 0.900. The number of aliphatic hydroxyl groups excluding tert-OH is 9. The van der Waals surface area contributed by atoms with Crippen LogP contribution in [-0.4, -0.2) is 108 Å². The Morgan fingerprint density at radius 3 is 1.40 bits per heavy atom. The Balaban J connectivity index is 4.76. The molecule has 120 valence electrons. The summed E-state index contributed by atoms with van der Waals surface area (Å²) in [5.41, 5.74) is 0. The number of rotatable bonds is 9. The number of carbonyl (C=O) groups excluding carboxylic acids is 1. The summed E-state index contributed by atoms with van der Waals surface area (Å²) in [4.78, 5) is 11.5. The summed E-state index contributed by atoms with van der Waals surface area (Å²) in [7, 11) is 0. The van der Waals surface area contributed by atoms with E-state index in [-0.39, 0.29) is 0 Å². The minimum atomic E-state index is -2.39. The molecule has 0 aromatic heterocycles. The summed E-state index contributed by atoms with van der Waals surface area (Å²) in [5.74, 6) is -1.54. The van der Waals surface area contributed by atoms with Gasteiger partial charge in [0.1, 0.15) is 42.7 Å². The van der Waals surface area contributed by atoms with E-state index >= 15 is 0 Å². The molecule has 0 aliphatic heterocycles. The maximum absolute atomic E-state index is 11.5. The topological polar surface area (TPSA) is 199 Å². The predicted molar refractivity (Wildman–Crippen MR) is 61.2 cm³/mol. The normalized spacial score (nSPS) is 22.4. The van der Waals surface area contributed by atoms with Crippen molar-refractivity contribution in [3.05, 3.63) is 0 Å². The SMILES string of the molecule is O=C([C@@H](O)[C@@H](O)[C@H](O)[C@H](O)CO)[C@@H](O)[C@@H](O)[C@H](O)CO. The second kappa shape index (κ2) is 8.56. The molecule has 0 heterocycles. The summed E-state index contributed by atoms with van der Waals surface area (Å²) >= 11 is 0. The van der Waals surface area contributed by atoms with Gasteiger partial charge in [-0.05, 0) is 0 Å². The van der Waals surface area contributed by atoms with Crippen molar-refractivity contribution in [1.82, 2.24) is 0 Å². The van der Waals surface area contributed by atoms with E-state index in [9.17, 15) is 30.3 Å². The van der Waals surface area contributed by atoms with Gasteiger partial charge in [-0.25, -0.2) is 0 Å². The molecule has 10 nitrogen and oxygen atoms in total. The van der Waals surface area contributed by atoms with E-state index in [0.29, 0.717) is 0 Å². The quantitative estimate of drug-likeness (QED) is 0.197. The van der Waals surface area contributed by atoms with Crippen molar-refractivity contribution in [1.29, 1.82) is 0 Å². The molecular weight excluding hydrogens is 280 g/mol. The average Bonchev–Trinajstić information content (AvgIpc) is 2.48. The molecule has 0 saturated carbocycles. The number of hydrogen-bond acceptors (Lipinski definition) is 10. The Bertz CT molecular complexity index is 298. The lowest BCUT2D eigenvalue weighted by atomic mass is 9.94. The van der Waals surface area contributed by atoms with Gasteiger partial charge < -0.3 is 46.0 Å². The number of hydrogen-bond donors (Lipinski definition) is 9. The van der Waals surface area contributed by atoms with Gasteiger partial charge in [0.05, 0.1) is 13.2 Å². The van der Waals surface area contributed by atoms with E-state index in [4.69, 9.17) is 20.4 Å². The third kappa shape index (κ3) is 4.70. The van der Waals surface area contributed by atoms with Crippen molar-refractivity contribution in [3.63, 3.8) is 0 Å². The van der Waals surface area contributed by atoms with Crippen molar-refractivity contribution >= 4 is 5.78 Å². The molecule has 9 N–H and O–H groups in total. The summed E-state index contributed by atoms with van der Waals surface area (Å²) < 4.78 is 0. The van der Waals surface area contributed by atoms with Gasteiger partial charge in [0.15, 0.2) is 5.78 Å². The van der Waals surface area contributed by atoms with E-state index in [2.05, 4.69) is 0 Å². The van der Waals surface area contributed by atoms with Crippen molar-refractivity contribution in [2.45, 2.75) is 42.7 Å². The van der Waals surface area contributed by atoms with Crippen LogP contribution >= 0.6 is 0 Å². The molecule has 0 radical (unpaired) electrons. The zero-order chi connectivity index (χ0) is 16.0. The third-order valence-corrected chi connectivity index (χ3v) is 2.74. The van der Waals surface area contributed by atoms with Gasteiger partial charge in [0, 0.05) is 0 Å². The average molecular weight is 300 g/mol. The zero-order valence-corrected chi connectivity index (χ0v) is 10.4. The Hall–Kier alpha value is -0.690. The molecule has 7 atom stereocenters. The van der Waals surface area contributed by atoms with Crippen molar-refractivity contribution in [3.8, 4) is 0 Å². The Labute approximate surface area is 113 Å². The van der Waals surface area contributed by atoms with Crippen LogP contribution < -0.4 is 0 Å². The highest BCUT2D eigenvalue weighted by atomic mass is 16.4. The molecule has 20 heavy (non-hydrogen) atoms. The highest BCUT2D eigenvalue weighted by molar-refractivity contribution is 5.88. The number of Topliss-reactive ketones (excluding diaryl/α,β-unsaturated/α-hetero) is 1. The molecular formula is C10H20O10. The maximum atomic E-state index is 11.5. The lowest BCUT2D eigenvalue weighted by Gasteiger charge is -2.28. The second-order valence-electron chi connectivity index (χ2n) is 4.26. The molecule has 10 heteroatoms. The summed E-state index contributed by atoms with van der Waals surface area (Å²) in [6.45, 7) is -1.91. The predicted octanol–water partition coefficient (Wildman–Crippen LogP) is -5.93. The number of aliphatic hydroxyl groups is 9. The first-order valence-corrected chi connectivity index (χ1v) is 5.70. The van der Waals surface area contributed by atoms with Crippen molar-refractivity contribution in [2.75, 3.05) is 13.2 Å². The van der Waals surface area contributed by atoms with Crippen LogP contribution in [0.3, 0.4) is 0 Å². The second-order valence-corrected chi connectivity index (χ2v) is 4.26. The highest BCUT2D eigenvalue weighted by Gasteiger charge is 2.40. The Kier molecular flexibility index (Phi) is 8.27. The van der Waals surface area contributed by atoms with Gasteiger partial charge >= 0.3 is 0 Å². The van der Waals surface area contributed by atoms with E-state index in [1.165, 1.54) is 0 Å². The largest absolute Gasteiger partial charge is 0.394 e. The van der Waals surface area contributed by atoms with E-state index in [1.807, 2.05) is 0 Å². The molecule has 0 bridgehead atoms. The van der Waals surface area contributed by atoms with Gasteiger partial charge in [0.2, 0.25) is 0 Å². The lowest BCUT2D eigenvalue weighted by Crippen LogP contribution is -2.54. The first kappa shape index (κ1) is 19.3. The number of carbonyl (C=O) groups is 1. The Morgan fingerprint density at radius 2 is 1.00 bits per heavy atom. The van der Waals surface area contributed by atoms with E-state index < -0.39 is 61.7 Å². The molecule has 0 rings (SSSR count). The van der Waals surface area contributed by atoms with Gasteiger partial charge in [-0.2, -0.15) is 0 Å². The lowest BCUT2D eigenvalue weighted by molar-refractivity contribution is -0.163. The zero-order valence-electron chi connectivity index (χ0n) is 10.4. The van der Waals surface area contributed by atoms with Gasteiger partial charge in [-0.1, -0.05) is 0 Å². The van der Waals surface area contributed by atoms with Gasteiger partial charge in [-0.15, -0.1) is 0 Å². The maximum Gasteiger partial charge on any atom is 0.195 e. The minimum Gasteiger partial charge on any atom is -0.394 e. The Morgan fingerprint density at radius 1 is 0.650 bits per heavy atom. The summed E-state index contributed by atoms with van der Waals surface area (Å²) in [6, 6.07) is 0. The molecule has 0 fully saturated rings. The smallest absolute Gasteiger partial charge is 0.195 e. The minimum absolute atomic E-state index is 0.951. The van der Waals surface area contributed by atoms with Crippen molar-refractivity contribution < 1.29 is 50.8 Å². The summed E-state index contributed by atoms with van der Waals surface area (Å²) in [6.07, 6.45) is -14.8. The van der Waals surface area contributed by atoms with Gasteiger partial charge in [-0.3, -0.25) is 4.79 Å². The highest BCUT2D eigenvalue weighted by Crippen LogP contribution is 2.10. The van der Waals surface area contributed by atoms with Crippen LogP contribution in [0.25, 0.3) is 0 Å². The molecule has 0 aromatic carbocycles. The van der Waals surface area contributed by atoms with Crippen LogP contribution in [0.15, 0.2) is 0 Å². The van der Waals surface area contributed by atoms with Crippen LogP contribution in [0.5, 0.6) is 0 Å². The van der Waals surface area contributed by atoms with E-state index in [1.54, 1.807) is 0 Å². The summed E-state index contributed by atoms with van der Waals surface area (Å²) in [5, 5.41) is 81.8. The van der Waals surface area contributed by atoms with Crippen molar-refractivity contribution in [2.24, 2.45) is 0 Å². The third-order valence-electron chi connectivity index (χ3n) is 2.74. The molecule has 0 amide bonds.